The number of carbonyl (C=O) groups excluding carboxylic acids is 1. The van der Waals surface area contributed by atoms with Gasteiger partial charge in [-0.05, 0) is 49.2 Å². The topological polar surface area (TPSA) is 127 Å². The van der Waals surface area contributed by atoms with Crippen molar-refractivity contribution in [2.24, 2.45) is 10.8 Å². The highest BCUT2D eigenvalue weighted by Crippen LogP contribution is 2.19. The largest absolute Gasteiger partial charge is 0.382 e. The molecule has 2 aromatic rings. The second kappa shape index (κ2) is 7.75. The maximum atomic E-state index is 12.6. The van der Waals surface area contributed by atoms with E-state index in [0.29, 0.717) is 16.9 Å². The molecule has 0 bridgehead atoms. The number of benzene rings is 2. The molecule has 0 aliphatic rings. The van der Waals surface area contributed by atoms with Gasteiger partial charge in [-0.15, -0.1) is 0 Å². The number of hydrogen-bond acceptors (Lipinski definition) is 5. The van der Waals surface area contributed by atoms with Gasteiger partial charge in [0.05, 0.1) is 11.3 Å². The molecule has 0 atom stereocenters. The van der Waals surface area contributed by atoms with Crippen LogP contribution >= 0.6 is 0 Å². The second-order valence-electron chi connectivity index (χ2n) is 5.47. The molecule has 0 saturated carbocycles. The van der Waals surface area contributed by atoms with Gasteiger partial charge in [-0.1, -0.05) is 18.2 Å². The smallest absolute Gasteiger partial charge is 0.257 e. The van der Waals surface area contributed by atoms with Crippen LogP contribution in [0.5, 0.6) is 0 Å². The number of carbonyl (C=O) groups is 1. The van der Waals surface area contributed by atoms with Crippen molar-refractivity contribution in [2.45, 2.75) is 13.8 Å². The third-order valence-corrected chi connectivity index (χ3v) is 3.30. The molecule has 0 aliphatic heterocycles. The Morgan fingerprint density at radius 1 is 1.20 bits per heavy atom. The number of nitrogens with one attached hydrogen (secondary N) is 3. The van der Waals surface area contributed by atoms with E-state index in [1.807, 2.05) is 32.0 Å². The van der Waals surface area contributed by atoms with E-state index in [9.17, 15) is 4.79 Å². The van der Waals surface area contributed by atoms with Crippen molar-refractivity contribution in [1.82, 2.24) is 0 Å². The molecule has 0 spiro atoms. The van der Waals surface area contributed by atoms with Crippen molar-refractivity contribution in [3.63, 3.8) is 0 Å². The molecule has 7 nitrogen and oxygen atoms in total. The van der Waals surface area contributed by atoms with E-state index in [2.05, 4.69) is 15.8 Å². The third kappa shape index (κ3) is 4.65. The zero-order valence-corrected chi connectivity index (χ0v) is 13.9. The number of rotatable bonds is 5. The molecule has 1 amide bonds. The first kappa shape index (κ1) is 17.7. The first-order chi connectivity index (χ1) is 11.9. The molecule has 0 fully saturated rings. The highest BCUT2D eigenvalue weighted by Gasteiger charge is 2.12. The minimum atomic E-state index is -0.452. The maximum Gasteiger partial charge on any atom is 0.257 e. The zero-order valence-electron chi connectivity index (χ0n) is 13.9. The van der Waals surface area contributed by atoms with Crippen LogP contribution < -0.4 is 16.5 Å². The van der Waals surface area contributed by atoms with E-state index >= 15 is 0 Å². The number of para-hydroxylation sites is 1. The van der Waals surface area contributed by atoms with E-state index < -0.39 is 5.84 Å². The van der Waals surface area contributed by atoms with E-state index in [1.165, 1.54) is 0 Å². The van der Waals surface area contributed by atoms with Crippen molar-refractivity contribution < 1.29 is 4.79 Å². The summed E-state index contributed by atoms with van der Waals surface area (Å²) in [6.07, 6.45) is 0. The maximum absolute atomic E-state index is 12.6. The minimum absolute atomic E-state index is 0.260. The van der Waals surface area contributed by atoms with Crippen LogP contribution in [0.2, 0.25) is 0 Å². The zero-order chi connectivity index (χ0) is 18.4. The molecule has 0 aromatic heterocycles. The lowest BCUT2D eigenvalue weighted by molar-refractivity contribution is 0.102. The first-order valence-corrected chi connectivity index (χ1v) is 7.47. The van der Waals surface area contributed by atoms with Gasteiger partial charge in [0, 0.05) is 5.69 Å². The fourth-order valence-electron chi connectivity index (χ4n) is 2.29. The van der Waals surface area contributed by atoms with Gasteiger partial charge in [-0.2, -0.15) is 10.4 Å². The van der Waals surface area contributed by atoms with Gasteiger partial charge in [0.2, 0.25) is 5.71 Å². The molecule has 7 heteroatoms. The predicted octanol–water partition coefficient (Wildman–Crippen LogP) is 2.78. The molecule has 5 N–H and O–H groups in total. The molecule has 0 radical (unpaired) electrons. The lowest BCUT2D eigenvalue weighted by Gasteiger charge is -2.11. The van der Waals surface area contributed by atoms with Crippen LogP contribution in [0.25, 0.3) is 0 Å². The normalized spacial score (nSPS) is 10.7. The molecular weight excluding hydrogens is 316 g/mol. The number of hydrogen-bond donors (Lipinski definition) is 4. The molecule has 0 unspecified atom stereocenters. The highest BCUT2D eigenvalue weighted by molar-refractivity contribution is 6.45. The summed E-state index contributed by atoms with van der Waals surface area (Å²) in [5.74, 6) is -0.767. The van der Waals surface area contributed by atoms with Gasteiger partial charge in [-0.25, -0.2) is 0 Å². The van der Waals surface area contributed by atoms with Gasteiger partial charge < -0.3 is 11.1 Å². The monoisotopic (exact) mass is 334 g/mol. The number of aryl methyl sites for hydroxylation is 2. The SMILES string of the molecule is Cc1cc(C)cc(NC(=O)c2ccccc2N/N=C(\C#N)C(=N)N)c1. The third-order valence-electron chi connectivity index (χ3n) is 3.30. The molecule has 2 rings (SSSR count). The van der Waals surface area contributed by atoms with Crippen molar-refractivity contribution >= 4 is 28.8 Å². The summed E-state index contributed by atoms with van der Waals surface area (Å²) >= 11 is 0. The number of amidine groups is 1. The fourth-order valence-corrected chi connectivity index (χ4v) is 2.29. The Bertz CT molecular complexity index is 874. The van der Waals surface area contributed by atoms with Crippen molar-refractivity contribution in [3.8, 4) is 6.07 Å². The first-order valence-electron chi connectivity index (χ1n) is 7.47. The van der Waals surface area contributed by atoms with Crippen molar-refractivity contribution in [2.75, 3.05) is 10.7 Å². The van der Waals surface area contributed by atoms with E-state index in [4.69, 9.17) is 16.4 Å². The van der Waals surface area contributed by atoms with Crippen LogP contribution in [0.15, 0.2) is 47.6 Å². The average molecular weight is 334 g/mol. The molecule has 25 heavy (non-hydrogen) atoms. The Balaban J connectivity index is 2.26. The number of nitrogens with two attached hydrogens (primary N) is 1. The van der Waals surface area contributed by atoms with E-state index in [1.54, 1.807) is 30.3 Å². The molecule has 0 heterocycles. The summed E-state index contributed by atoms with van der Waals surface area (Å²) in [6, 6.07) is 14.2. The van der Waals surface area contributed by atoms with Crippen molar-refractivity contribution in [1.29, 1.82) is 10.7 Å². The molecule has 126 valence electrons. The van der Waals surface area contributed by atoms with E-state index in [0.717, 1.165) is 11.1 Å². The quantitative estimate of drug-likeness (QED) is 0.381. The molecular formula is C18H18N6O. The Hall–Kier alpha value is -3.66. The number of anilines is 2. The van der Waals surface area contributed by atoms with Crippen LogP contribution in [0.1, 0.15) is 21.5 Å². The summed E-state index contributed by atoms with van der Waals surface area (Å²) in [7, 11) is 0. The number of nitriles is 1. The van der Waals surface area contributed by atoms with Gasteiger partial charge in [0.1, 0.15) is 6.07 Å². The van der Waals surface area contributed by atoms with Crippen LogP contribution in [0.3, 0.4) is 0 Å². The van der Waals surface area contributed by atoms with Gasteiger partial charge in [0.25, 0.3) is 5.91 Å². The van der Waals surface area contributed by atoms with Gasteiger partial charge >= 0.3 is 0 Å². The number of nitrogens with zero attached hydrogens (tertiary/aromatic N) is 2. The summed E-state index contributed by atoms with van der Waals surface area (Å²) < 4.78 is 0. The predicted molar refractivity (Wildman–Crippen MR) is 98.9 cm³/mol. The van der Waals surface area contributed by atoms with Gasteiger partial charge in [0.15, 0.2) is 5.84 Å². The Kier molecular flexibility index (Phi) is 5.48. The lowest BCUT2D eigenvalue weighted by atomic mass is 10.1. The lowest BCUT2D eigenvalue weighted by Crippen LogP contribution is -2.22. The molecule has 2 aromatic carbocycles. The summed E-state index contributed by atoms with van der Waals surface area (Å²) in [6.45, 7) is 3.91. The van der Waals surface area contributed by atoms with Crippen LogP contribution in [-0.4, -0.2) is 17.5 Å². The molecule has 0 aliphatic carbocycles. The average Bonchev–Trinajstić information content (AvgIpc) is 2.54. The number of hydrazone groups is 1. The fraction of sp³-hybridized carbons (Fsp3) is 0.111. The Morgan fingerprint density at radius 2 is 1.84 bits per heavy atom. The second-order valence-corrected chi connectivity index (χ2v) is 5.47. The number of amides is 1. The Morgan fingerprint density at radius 3 is 2.44 bits per heavy atom. The highest BCUT2D eigenvalue weighted by atomic mass is 16.1. The molecule has 0 saturated heterocycles. The van der Waals surface area contributed by atoms with Crippen molar-refractivity contribution in [3.05, 3.63) is 59.2 Å². The summed E-state index contributed by atoms with van der Waals surface area (Å²) in [5.41, 5.74) is 11.2. The standard InChI is InChI=1S/C18H18N6O/c1-11-7-12(2)9-13(8-11)22-18(25)14-5-3-4-6-15(14)23-24-16(10-19)17(20)21/h3-9,23H,1-2H3,(H3,20,21)(H,22,25)/b24-16+. The Labute approximate surface area is 145 Å². The van der Waals surface area contributed by atoms with Crippen LogP contribution in [0, 0.1) is 30.6 Å². The van der Waals surface area contributed by atoms with Gasteiger partial charge in [-0.3, -0.25) is 15.6 Å². The van der Waals surface area contributed by atoms with Crippen LogP contribution in [0.4, 0.5) is 11.4 Å². The van der Waals surface area contributed by atoms with E-state index in [-0.39, 0.29) is 11.6 Å². The van der Waals surface area contributed by atoms with Crippen LogP contribution in [-0.2, 0) is 0 Å². The minimum Gasteiger partial charge on any atom is -0.382 e. The summed E-state index contributed by atoms with van der Waals surface area (Å²) in [4.78, 5) is 12.6. The summed E-state index contributed by atoms with van der Waals surface area (Å²) in [5, 5.41) is 22.7.